The van der Waals surface area contributed by atoms with E-state index in [-0.39, 0.29) is 12.1 Å². The lowest BCUT2D eigenvalue weighted by Crippen LogP contribution is -2.44. The van der Waals surface area contributed by atoms with E-state index in [1.165, 1.54) is 0 Å². The van der Waals surface area contributed by atoms with Gasteiger partial charge in [0.05, 0.1) is 0 Å². The molecular weight excluding hydrogens is 176 g/mol. The molecule has 0 spiro atoms. The minimum atomic E-state index is 0.0862. The first-order valence-corrected chi connectivity index (χ1v) is 5.71. The van der Waals surface area contributed by atoms with Crippen LogP contribution in [0, 0.1) is 0 Å². The molecule has 0 aliphatic rings. The topological polar surface area (TPSA) is 32.3 Å². The number of rotatable bonds is 6. The molecule has 0 aromatic rings. The Morgan fingerprint density at radius 2 is 1.71 bits per heavy atom. The largest absolute Gasteiger partial charge is 0.336 e. The number of carbonyl (C=O) groups is 1. The second-order valence-electron chi connectivity index (χ2n) is 3.75. The van der Waals surface area contributed by atoms with Gasteiger partial charge in [-0.3, -0.25) is 0 Å². The highest BCUT2D eigenvalue weighted by Crippen LogP contribution is 1.97. The fourth-order valence-corrected chi connectivity index (χ4v) is 1.26. The van der Waals surface area contributed by atoms with Crippen molar-refractivity contribution in [2.45, 2.75) is 53.0 Å². The number of nitrogens with one attached hydrogen (secondary N) is 1. The second-order valence-corrected chi connectivity index (χ2v) is 3.75. The molecule has 1 N–H and O–H groups in total. The van der Waals surface area contributed by atoms with Crippen LogP contribution in [0.1, 0.15) is 47.0 Å². The van der Waals surface area contributed by atoms with Gasteiger partial charge in [-0.05, 0) is 26.2 Å². The minimum Gasteiger partial charge on any atom is -0.336 e. The van der Waals surface area contributed by atoms with Crippen LogP contribution in [0.15, 0.2) is 0 Å². The standard InChI is InChI=1S/C11H24N2O/c1-5-8-13(9-6-2)11(14)12-10(4)7-3/h10H,5-9H2,1-4H3,(H,12,14)/t10-/m1/s1. The molecule has 0 fully saturated rings. The summed E-state index contributed by atoms with van der Waals surface area (Å²) >= 11 is 0. The van der Waals surface area contributed by atoms with Crippen molar-refractivity contribution in [3.63, 3.8) is 0 Å². The molecule has 0 aliphatic heterocycles. The molecule has 0 bridgehead atoms. The number of urea groups is 1. The Hall–Kier alpha value is -0.730. The summed E-state index contributed by atoms with van der Waals surface area (Å²) in [7, 11) is 0. The predicted molar refractivity (Wildman–Crippen MR) is 60.4 cm³/mol. The lowest BCUT2D eigenvalue weighted by atomic mass is 10.3. The van der Waals surface area contributed by atoms with Crippen molar-refractivity contribution in [1.82, 2.24) is 10.2 Å². The molecule has 0 aromatic carbocycles. The predicted octanol–water partition coefficient (Wildman–Crippen LogP) is 2.62. The van der Waals surface area contributed by atoms with E-state index >= 15 is 0 Å². The van der Waals surface area contributed by atoms with Gasteiger partial charge in [0, 0.05) is 19.1 Å². The Morgan fingerprint density at radius 3 is 2.07 bits per heavy atom. The normalized spacial score (nSPS) is 12.3. The van der Waals surface area contributed by atoms with Crippen molar-refractivity contribution >= 4 is 6.03 Å². The minimum absolute atomic E-state index is 0.0862. The number of amides is 2. The quantitative estimate of drug-likeness (QED) is 0.702. The first-order chi connectivity index (χ1) is 6.65. The molecule has 0 rings (SSSR count). The molecule has 14 heavy (non-hydrogen) atoms. The Bertz CT molecular complexity index is 153. The van der Waals surface area contributed by atoms with E-state index in [4.69, 9.17) is 0 Å². The van der Waals surface area contributed by atoms with E-state index in [2.05, 4.69) is 26.1 Å². The van der Waals surface area contributed by atoms with Crippen LogP contribution in [0.5, 0.6) is 0 Å². The zero-order valence-electron chi connectivity index (χ0n) is 9.97. The zero-order valence-corrected chi connectivity index (χ0v) is 9.97. The summed E-state index contributed by atoms with van der Waals surface area (Å²) in [6, 6.07) is 0.363. The van der Waals surface area contributed by atoms with Crippen molar-refractivity contribution < 1.29 is 4.79 Å². The first kappa shape index (κ1) is 13.3. The molecule has 0 unspecified atom stereocenters. The maximum atomic E-state index is 11.7. The fraction of sp³-hybridized carbons (Fsp3) is 0.909. The maximum Gasteiger partial charge on any atom is 0.317 e. The van der Waals surface area contributed by atoms with Crippen LogP contribution in [0.3, 0.4) is 0 Å². The maximum absolute atomic E-state index is 11.7. The zero-order chi connectivity index (χ0) is 11.0. The van der Waals surface area contributed by atoms with E-state index in [0.717, 1.165) is 32.4 Å². The Kier molecular flexibility index (Phi) is 7.25. The van der Waals surface area contributed by atoms with E-state index in [1.54, 1.807) is 0 Å². The fourth-order valence-electron chi connectivity index (χ4n) is 1.26. The van der Waals surface area contributed by atoms with Gasteiger partial charge in [-0.25, -0.2) is 4.79 Å². The van der Waals surface area contributed by atoms with Crippen LogP contribution in [-0.2, 0) is 0 Å². The summed E-state index contributed by atoms with van der Waals surface area (Å²) in [5.74, 6) is 0. The monoisotopic (exact) mass is 200 g/mol. The molecule has 3 heteroatoms. The third-order valence-corrected chi connectivity index (χ3v) is 2.26. The molecule has 0 saturated carbocycles. The molecule has 0 saturated heterocycles. The first-order valence-electron chi connectivity index (χ1n) is 5.71. The highest BCUT2D eigenvalue weighted by molar-refractivity contribution is 5.74. The third kappa shape index (κ3) is 5.10. The van der Waals surface area contributed by atoms with Gasteiger partial charge in [-0.15, -0.1) is 0 Å². The highest BCUT2D eigenvalue weighted by Gasteiger charge is 2.12. The van der Waals surface area contributed by atoms with Crippen LogP contribution in [-0.4, -0.2) is 30.1 Å². The van der Waals surface area contributed by atoms with Gasteiger partial charge in [-0.2, -0.15) is 0 Å². The Morgan fingerprint density at radius 1 is 1.21 bits per heavy atom. The average Bonchev–Trinajstić information content (AvgIpc) is 2.17. The SMILES string of the molecule is CCCN(CCC)C(=O)N[C@H](C)CC. The van der Waals surface area contributed by atoms with Crippen LogP contribution >= 0.6 is 0 Å². The van der Waals surface area contributed by atoms with E-state index in [9.17, 15) is 4.79 Å². The smallest absolute Gasteiger partial charge is 0.317 e. The average molecular weight is 200 g/mol. The molecule has 0 aromatic heterocycles. The summed E-state index contributed by atoms with van der Waals surface area (Å²) in [5.41, 5.74) is 0. The summed E-state index contributed by atoms with van der Waals surface area (Å²) in [6.07, 6.45) is 3.03. The van der Waals surface area contributed by atoms with Gasteiger partial charge in [0.2, 0.25) is 0 Å². The molecule has 1 atom stereocenters. The van der Waals surface area contributed by atoms with Crippen LogP contribution in [0.25, 0.3) is 0 Å². The molecule has 2 amide bonds. The summed E-state index contributed by atoms with van der Waals surface area (Å²) in [5, 5.41) is 2.99. The highest BCUT2D eigenvalue weighted by atomic mass is 16.2. The number of nitrogens with zero attached hydrogens (tertiary/aromatic N) is 1. The van der Waals surface area contributed by atoms with Crippen molar-refractivity contribution in [2.75, 3.05) is 13.1 Å². The van der Waals surface area contributed by atoms with E-state index in [1.807, 2.05) is 11.8 Å². The lowest BCUT2D eigenvalue weighted by molar-refractivity contribution is 0.194. The van der Waals surface area contributed by atoms with Crippen LogP contribution < -0.4 is 5.32 Å². The van der Waals surface area contributed by atoms with Crippen molar-refractivity contribution in [3.8, 4) is 0 Å². The van der Waals surface area contributed by atoms with Gasteiger partial charge >= 0.3 is 6.03 Å². The van der Waals surface area contributed by atoms with Gasteiger partial charge in [0.1, 0.15) is 0 Å². The van der Waals surface area contributed by atoms with E-state index < -0.39 is 0 Å². The van der Waals surface area contributed by atoms with E-state index in [0.29, 0.717) is 0 Å². The third-order valence-electron chi connectivity index (χ3n) is 2.26. The van der Waals surface area contributed by atoms with Crippen LogP contribution in [0.4, 0.5) is 4.79 Å². The molecule has 0 radical (unpaired) electrons. The molecule has 3 nitrogen and oxygen atoms in total. The second kappa shape index (κ2) is 7.65. The van der Waals surface area contributed by atoms with Gasteiger partial charge in [0.25, 0.3) is 0 Å². The molecular formula is C11H24N2O. The molecule has 0 aliphatic carbocycles. The Balaban J connectivity index is 4.00. The van der Waals surface area contributed by atoms with Gasteiger partial charge in [-0.1, -0.05) is 20.8 Å². The molecule has 0 heterocycles. The van der Waals surface area contributed by atoms with Crippen molar-refractivity contribution in [3.05, 3.63) is 0 Å². The van der Waals surface area contributed by atoms with Gasteiger partial charge in [0.15, 0.2) is 0 Å². The lowest BCUT2D eigenvalue weighted by Gasteiger charge is -2.23. The van der Waals surface area contributed by atoms with Crippen LogP contribution in [0.2, 0.25) is 0 Å². The summed E-state index contributed by atoms with van der Waals surface area (Å²) in [6.45, 7) is 10.0. The summed E-state index contributed by atoms with van der Waals surface area (Å²) < 4.78 is 0. The van der Waals surface area contributed by atoms with Crippen molar-refractivity contribution in [2.24, 2.45) is 0 Å². The number of carbonyl (C=O) groups excluding carboxylic acids is 1. The molecule has 84 valence electrons. The number of hydrogen-bond acceptors (Lipinski definition) is 1. The van der Waals surface area contributed by atoms with Gasteiger partial charge < -0.3 is 10.2 Å². The summed E-state index contributed by atoms with van der Waals surface area (Å²) in [4.78, 5) is 13.6. The number of hydrogen-bond donors (Lipinski definition) is 1. The van der Waals surface area contributed by atoms with Crippen molar-refractivity contribution in [1.29, 1.82) is 0 Å². The Labute approximate surface area is 87.9 Å².